The van der Waals surface area contributed by atoms with Crippen molar-refractivity contribution in [3.05, 3.63) is 42.7 Å². The zero-order valence-corrected chi connectivity index (χ0v) is 12.4. The summed E-state index contributed by atoms with van der Waals surface area (Å²) in [6.07, 6.45) is 7.14. The van der Waals surface area contributed by atoms with Crippen molar-refractivity contribution in [2.24, 2.45) is 0 Å². The summed E-state index contributed by atoms with van der Waals surface area (Å²) in [5.74, 6) is 0.427. The number of nitrogens with two attached hydrogens (primary N) is 1. The average Bonchev–Trinajstić information content (AvgIpc) is 3.14. The van der Waals surface area contributed by atoms with Gasteiger partial charge in [-0.2, -0.15) is 0 Å². The SMILES string of the molecule is CC(n1cnc2c(N)nc3ccccc3c21)C1(O)CC=CC1. The van der Waals surface area contributed by atoms with Gasteiger partial charge in [0.1, 0.15) is 5.52 Å². The van der Waals surface area contributed by atoms with E-state index in [-0.39, 0.29) is 6.04 Å². The molecule has 1 aliphatic carbocycles. The molecule has 0 aliphatic heterocycles. The van der Waals surface area contributed by atoms with Gasteiger partial charge in [0.15, 0.2) is 5.82 Å². The van der Waals surface area contributed by atoms with E-state index < -0.39 is 5.60 Å². The quantitative estimate of drug-likeness (QED) is 0.712. The summed E-state index contributed by atoms with van der Waals surface area (Å²) in [6, 6.07) is 7.79. The summed E-state index contributed by atoms with van der Waals surface area (Å²) >= 11 is 0. The predicted molar refractivity (Wildman–Crippen MR) is 87.5 cm³/mol. The molecule has 3 N–H and O–H groups in total. The number of para-hydroxylation sites is 1. The first-order valence-corrected chi connectivity index (χ1v) is 7.48. The summed E-state index contributed by atoms with van der Waals surface area (Å²) in [5, 5.41) is 11.9. The number of pyridine rings is 1. The van der Waals surface area contributed by atoms with Gasteiger partial charge in [-0.3, -0.25) is 0 Å². The average molecular weight is 294 g/mol. The van der Waals surface area contributed by atoms with Crippen LogP contribution in [0.4, 0.5) is 5.82 Å². The highest BCUT2D eigenvalue weighted by atomic mass is 16.3. The lowest BCUT2D eigenvalue weighted by Gasteiger charge is -2.31. The Bertz CT molecular complexity index is 888. The first-order valence-electron chi connectivity index (χ1n) is 7.48. The highest BCUT2D eigenvalue weighted by Gasteiger charge is 2.36. The van der Waals surface area contributed by atoms with Crippen molar-refractivity contribution in [1.82, 2.24) is 14.5 Å². The number of fused-ring (bicyclic) bond motifs is 3. The maximum Gasteiger partial charge on any atom is 0.152 e. The van der Waals surface area contributed by atoms with Crippen LogP contribution in [0.15, 0.2) is 42.7 Å². The summed E-state index contributed by atoms with van der Waals surface area (Å²) in [7, 11) is 0. The molecule has 3 aromatic rings. The van der Waals surface area contributed by atoms with E-state index in [1.807, 2.05) is 47.9 Å². The Morgan fingerprint density at radius 2 is 2.00 bits per heavy atom. The van der Waals surface area contributed by atoms with Crippen LogP contribution < -0.4 is 5.73 Å². The number of hydrogen-bond donors (Lipinski definition) is 2. The van der Waals surface area contributed by atoms with Crippen LogP contribution in [0.25, 0.3) is 21.9 Å². The molecule has 1 aliphatic rings. The van der Waals surface area contributed by atoms with Crippen molar-refractivity contribution < 1.29 is 5.11 Å². The molecule has 1 unspecified atom stereocenters. The first-order chi connectivity index (χ1) is 10.6. The van der Waals surface area contributed by atoms with Gasteiger partial charge in [-0.25, -0.2) is 9.97 Å². The number of benzene rings is 1. The van der Waals surface area contributed by atoms with Gasteiger partial charge in [0.25, 0.3) is 0 Å². The maximum atomic E-state index is 10.9. The minimum atomic E-state index is -0.771. The van der Waals surface area contributed by atoms with Crippen LogP contribution in [0.1, 0.15) is 25.8 Å². The van der Waals surface area contributed by atoms with E-state index in [4.69, 9.17) is 5.73 Å². The fraction of sp³-hybridized carbons (Fsp3) is 0.294. The minimum absolute atomic E-state index is 0.0993. The molecule has 112 valence electrons. The van der Waals surface area contributed by atoms with Crippen LogP contribution in [0, 0.1) is 0 Å². The van der Waals surface area contributed by atoms with E-state index in [2.05, 4.69) is 9.97 Å². The number of nitrogens with zero attached hydrogens (tertiary/aromatic N) is 3. The highest BCUT2D eigenvalue weighted by Crippen LogP contribution is 2.38. The van der Waals surface area contributed by atoms with Gasteiger partial charge in [0, 0.05) is 5.39 Å². The Morgan fingerprint density at radius 3 is 2.77 bits per heavy atom. The molecule has 0 saturated carbocycles. The molecule has 22 heavy (non-hydrogen) atoms. The van der Waals surface area contributed by atoms with Gasteiger partial charge < -0.3 is 15.4 Å². The monoisotopic (exact) mass is 294 g/mol. The number of hydrogen-bond acceptors (Lipinski definition) is 4. The second-order valence-electron chi connectivity index (χ2n) is 6.02. The molecule has 0 amide bonds. The number of rotatable bonds is 2. The lowest BCUT2D eigenvalue weighted by molar-refractivity contribution is 0.00762. The van der Waals surface area contributed by atoms with E-state index in [1.165, 1.54) is 0 Å². The summed E-state index contributed by atoms with van der Waals surface area (Å²) in [4.78, 5) is 8.85. The van der Waals surface area contributed by atoms with Crippen LogP contribution in [0.3, 0.4) is 0 Å². The van der Waals surface area contributed by atoms with Gasteiger partial charge in [-0.05, 0) is 25.8 Å². The first kappa shape index (κ1) is 13.3. The molecule has 0 spiro atoms. The largest absolute Gasteiger partial charge is 0.387 e. The lowest BCUT2D eigenvalue weighted by atomic mass is 9.92. The normalized spacial score (nSPS) is 18.3. The zero-order chi connectivity index (χ0) is 15.3. The topological polar surface area (TPSA) is 77.0 Å². The van der Waals surface area contributed by atoms with E-state index in [9.17, 15) is 5.11 Å². The zero-order valence-electron chi connectivity index (χ0n) is 12.4. The summed E-state index contributed by atoms with van der Waals surface area (Å²) < 4.78 is 2.03. The van der Waals surface area contributed by atoms with Crippen LogP contribution in [0.2, 0.25) is 0 Å². The molecule has 2 heterocycles. The van der Waals surface area contributed by atoms with E-state index in [0.717, 1.165) is 16.4 Å². The van der Waals surface area contributed by atoms with Gasteiger partial charge in [-0.15, -0.1) is 0 Å². The molecule has 1 atom stereocenters. The molecule has 4 rings (SSSR count). The van der Waals surface area contributed by atoms with Crippen molar-refractivity contribution in [3.63, 3.8) is 0 Å². The van der Waals surface area contributed by atoms with Gasteiger partial charge >= 0.3 is 0 Å². The Morgan fingerprint density at radius 1 is 1.27 bits per heavy atom. The molecule has 5 nitrogen and oxygen atoms in total. The molecule has 1 aromatic carbocycles. The number of aliphatic hydroxyl groups is 1. The molecule has 0 radical (unpaired) electrons. The van der Waals surface area contributed by atoms with Crippen molar-refractivity contribution in [2.45, 2.75) is 31.4 Å². The number of nitrogen functional groups attached to an aromatic ring is 1. The molecule has 0 fully saturated rings. The van der Waals surface area contributed by atoms with Crippen LogP contribution in [0.5, 0.6) is 0 Å². The van der Waals surface area contributed by atoms with Crippen molar-refractivity contribution in [2.75, 3.05) is 5.73 Å². The smallest absolute Gasteiger partial charge is 0.152 e. The van der Waals surface area contributed by atoms with Crippen molar-refractivity contribution in [3.8, 4) is 0 Å². The van der Waals surface area contributed by atoms with Crippen molar-refractivity contribution in [1.29, 1.82) is 0 Å². The third kappa shape index (κ3) is 1.75. The molecular formula is C17H18N4O. The highest BCUT2D eigenvalue weighted by molar-refractivity contribution is 6.06. The Hall–Kier alpha value is -2.40. The lowest BCUT2D eigenvalue weighted by Crippen LogP contribution is -2.35. The van der Waals surface area contributed by atoms with Crippen LogP contribution >= 0.6 is 0 Å². The standard InChI is InChI=1S/C17H18N4O/c1-11(17(22)8-4-5-9-17)21-10-19-14-15(21)12-6-2-3-7-13(12)20-16(14)18/h2-7,10-11,22H,8-9H2,1H3,(H2,18,20). The van der Waals surface area contributed by atoms with Crippen molar-refractivity contribution >= 4 is 27.8 Å². The van der Waals surface area contributed by atoms with E-state index in [0.29, 0.717) is 24.2 Å². The van der Waals surface area contributed by atoms with Gasteiger partial charge in [0.2, 0.25) is 0 Å². The third-order valence-electron chi connectivity index (χ3n) is 4.74. The predicted octanol–water partition coefficient (Wildman–Crippen LogP) is 2.81. The third-order valence-corrected chi connectivity index (χ3v) is 4.74. The number of imidazole rings is 1. The Balaban J connectivity index is 1.99. The van der Waals surface area contributed by atoms with Gasteiger partial charge in [-0.1, -0.05) is 30.4 Å². The fourth-order valence-electron chi connectivity index (χ4n) is 3.32. The second-order valence-corrected chi connectivity index (χ2v) is 6.02. The van der Waals surface area contributed by atoms with Gasteiger partial charge in [0.05, 0.1) is 29.0 Å². The summed E-state index contributed by atoms with van der Waals surface area (Å²) in [5.41, 5.74) is 7.77. The molecule has 0 bridgehead atoms. The minimum Gasteiger partial charge on any atom is -0.387 e. The molecule has 2 aromatic heterocycles. The Labute approximate surface area is 128 Å². The Kier molecular flexibility index (Phi) is 2.74. The van der Waals surface area contributed by atoms with Crippen LogP contribution in [-0.4, -0.2) is 25.2 Å². The molecule has 0 saturated heterocycles. The van der Waals surface area contributed by atoms with Crippen LogP contribution in [-0.2, 0) is 0 Å². The number of anilines is 1. The molecule has 5 heteroatoms. The summed E-state index contributed by atoms with van der Waals surface area (Å²) in [6.45, 7) is 2.03. The second kappa shape index (κ2) is 4.55. The van der Waals surface area contributed by atoms with E-state index >= 15 is 0 Å². The maximum absolute atomic E-state index is 10.9. The molecular weight excluding hydrogens is 276 g/mol. The number of aromatic nitrogens is 3. The fourth-order valence-corrected chi connectivity index (χ4v) is 3.32. The van der Waals surface area contributed by atoms with E-state index in [1.54, 1.807) is 6.33 Å².